The van der Waals surface area contributed by atoms with Gasteiger partial charge in [-0.2, -0.15) is 13.2 Å². The van der Waals surface area contributed by atoms with Crippen molar-refractivity contribution < 1.29 is 32.5 Å². The molecule has 0 saturated heterocycles. The largest absolute Gasteiger partial charge is 0.492 e. The van der Waals surface area contributed by atoms with Gasteiger partial charge >= 0.3 is 12.1 Å². The first-order chi connectivity index (χ1) is 24.2. The standard InChI is InChI=1S/C42H58F3NO4/c1-3-4-5-6-7-8-9-10-11-12-13-17-29-50-37-26-28-40(46-32-37)39-31-36(25-27-38(39)35-20-15-14-16-21-35)34(22-18-24-41(47)48)23-19-30-49-33(2)42(43,44)45/h14-16,20-21,25-28,31-34H,3-13,17-19,22-24,29-30H2,1-2H3,(H,47,48). The van der Waals surface area contributed by atoms with Crippen LogP contribution in [0.1, 0.15) is 134 Å². The van der Waals surface area contributed by atoms with Crippen molar-refractivity contribution in [2.75, 3.05) is 13.2 Å². The highest BCUT2D eigenvalue weighted by Gasteiger charge is 2.36. The van der Waals surface area contributed by atoms with Crippen molar-refractivity contribution in [1.29, 1.82) is 0 Å². The molecule has 5 nitrogen and oxygen atoms in total. The van der Waals surface area contributed by atoms with Gasteiger partial charge in [0.15, 0.2) is 6.10 Å². The summed E-state index contributed by atoms with van der Waals surface area (Å²) in [6, 6.07) is 20.2. The van der Waals surface area contributed by atoms with E-state index < -0.39 is 18.2 Å². The van der Waals surface area contributed by atoms with E-state index >= 15 is 0 Å². The van der Waals surface area contributed by atoms with Crippen LogP contribution in [-0.2, 0) is 9.53 Å². The van der Waals surface area contributed by atoms with Crippen molar-refractivity contribution >= 4 is 5.97 Å². The lowest BCUT2D eigenvalue weighted by Crippen LogP contribution is -2.28. The highest BCUT2D eigenvalue weighted by atomic mass is 19.4. The third kappa shape index (κ3) is 15.7. The molecule has 3 aromatic rings. The Morgan fingerprint density at radius 1 is 0.760 bits per heavy atom. The van der Waals surface area contributed by atoms with Crippen LogP contribution in [0.2, 0.25) is 0 Å². The fourth-order valence-electron chi connectivity index (χ4n) is 6.32. The number of alkyl halides is 3. The summed E-state index contributed by atoms with van der Waals surface area (Å²) in [5.41, 5.74) is 4.78. The third-order valence-corrected chi connectivity index (χ3v) is 9.35. The Kier molecular flexibility index (Phi) is 19.0. The van der Waals surface area contributed by atoms with Gasteiger partial charge in [0, 0.05) is 18.6 Å². The third-order valence-electron chi connectivity index (χ3n) is 9.35. The number of hydrogen-bond acceptors (Lipinski definition) is 4. The molecule has 0 radical (unpaired) electrons. The van der Waals surface area contributed by atoms with Gasteiger partial charge in [-0.1, -0.05) is 120 Å². The first-order valence-electron chi connectivity index (χ1n) is 18.9. The topological polar surface area (TPSA) is 68.7 Å². The zero-order valence-corrected chi connectivity index (χ0v) is 30.2. The summed E-state index contributed by atoms with van der Waals surface area (Å²) in [6.07, 6.45) is 13.2. The molecule has 0 aliphatic heterocycles. The number of pyridine rings is 1. The van der Waals surface area contributed by atoms with Gasteiger partial charge in [-0.3, -0.25) is 9.78 Å². The lowest BCUT2D eigenvalue weighted by atomic mass is 9.86. The van der Waals surface area contributed by atoms with Crippen molar-refractivity contribution in [2.24, 2.45) is 0 Å². The molecule has 0 spiro atoms. The predicted octanol–water partition coefficient (Wildman–Crippen LogP) is 12.6. The Balaban J connectivity index is 1.62. The normalized spacial score (nSPS) is 12.9. The molecule has 3 rings (SSSR count). The second-order valence-electron chi connectivity index (χ2n) is 13.5. The van der Waals surface area contributed by atoms with E-state index in [2.05, 4.69) is 19.1 Å². The maximum atomic E-state index is 12.9. The van der Waals surface area contributed by atoms with Crippen LogP contribution in [0.5, 0.6) is 5.75 Å². The zero-order valence-electron chi connectivity index (χ0n) is 30.2. The van der Waals surface area contributed by atoms with Crippen LogP contribution in [-0.4, -0.2) is 41.6 Å². The van der Waals surface area contributed by atoms with Gasteiger partial charge in [0.25, 0.3) is 0 Å². The van der Waals surface area contributed by atoms with Crippen LogP contribution < -0.4 is 4.74 Å². The highest BCUT2D eigenvalue weighted by molar-refractivity contribution is 5.82. The minimum absolute atomic E-state index is 0.0205. The molecule has 0 amide bonds. The van der Waals surface area contributed by atoms with Crippen LogP contribution in [0.25, 0.3) is 22.4 Å². The molecule has 2 atom stereocenters. The number of ether oxygens (including phenoxy) is 2. The van der Waals surface area contributed by atoms with Gasteiger partial charge in [0.05, 0.1) is 18.5 Å². The minimum Gasteiger partial charge on any atom is -0.492 e. The molecule has 50 heavy (non-hydrogen) atoms. The van der Waals surface area contributed by atoms with E-state index in [4.69, 9.17) is 14.5 Å². The molecule has 276 valence electrons. The van der Waals surface area contributed by atoms with Gasteiger partial charge in [0.2, 0.25) is 0 Å². The summed E-state index contributed by atoms with van der Waals surface area (Å²) >= 11 is 0. The van der Waals surface area contributed by atoms with E-state index in [-0.39, 0.29) is 18.9 Å². The summed E-state index contributed by atoms with van der Waals surface area (Å²) in [4.78, 5) is 16.0. The van der Waals surface area contributed by atoms with Crippen LogP contribution in [0, 0.1) is 0 Å². The van der Waals surface area contributed by atoms with Crippen LogP contribution in [0.3, 0.4) is 0 Å². The lowest BCUT2D eigenvalue weighted by molar-refractivity contribution is -0.214. The average molecular weight is 698 g/mol. The summed E-state index contributed by atoms with van der Waals surface area (Å²) in [6.45, 7) is 3.91. The van der Waals surface area contributed by atoms with E-state index in [9.17, 15) is 23.1 Å². The van der Waals surface area contributed by atoms with Gasteiger partial charge < -0.3 is 14.6 Å². The van der Waals surface area contributed by atoms with Crippen molar-refractivity contribution in [3.05, 3.63) is 72.4 Å². The SMILES string of the molecule is CCCCCCCCCCCCCCOc1ccc(-c2cc(C(CCCOC(C)C(F)(F)F)CCCC(=O)O)ccc2-c2ccccc2)nc1. The van der Waals surface area contributed by atoms with Crippen LogP contribution in [0.4, 0.5) is 13.2 Å². The molecule has 0 fully saturated rings. The number of aliphatic carboxylic acids is 1. The molecular formula is C42H58F3NO4. The number of carboxylic acids is 1. The highest BCUT2D eigenvalue weighted by Crippen LogP contribution is 2.37. The number of nitrogens with zero attached hydrogens (tertiary/aromatic N) is 1. The Hall–Kier alpha value is -3.39. The zero-order chi connectivity index (χ0) is 36.0. The molecule has 1 aromatic heterocycles. The first-order valence-corrected chi connectivity index (χ1v) is 18.9. The number of aromatic nitrogens is 1. The Morgan fingerprint density at radius 2 is 1.40 bits per heavy atom. The lowest BCUT2D eigenvalue weighted by Gasteiger charge is -2.21. The Morgan fingerprint density at radius 3 is 2.00 bits per heavy atom. The minimum atomic E-state index is -4.40. The summed E-state index contributed by atoms with van der Waals surface area (Å²) in [5.74, 6) is -0.175. The smallest absolute Gasteiger partial charge is 0.414 e. The predicted molar refractivity (Wildman–Crippen MR) is 197 cm³/mol. The summed E-state index contributed by atoms with van der Waals surface area (Å²) < 4.78 is 49.9. The van der Waals surface area contributed by atoms with Crippen molar-refractivity contribution in [2.45, 2.75) is 141 Å². The van der Waals surface area contributed by atoms with E-state index in [0.29, 0.717) is 32.3 Å². The number of carbonyl (C=O) groups is 1. The quantitative estimate of drug-likeness (QED) is 0.0846. The van der Waals surface area contributed by atoms with E-state index in [1.807, 2.05) is 48.5 Å². The van der Waals surface area contributed by atoms with Gasteiger partial charge in [0.1, 0.15) is 5.75 Å². The molecule has 0 aliphatic carbocycles. The number of benzene rings is 2. The molecule has 0 aliphatic rings. The molecule has 8 heteroatoms. The van der Waals surface area contributed by atoms with Crippen molar-refractivity contribution in [1.82, 2.24) is 4.98 Å². The fourth-order valence-corrected chi connectivity index (χ4v) is 6.32. The fraction of sp³-hybridized carbons (Fsp3) is 0.571. The van der Waals surface area contributed by atoms with Crippen molar-refractivity contribution in [3.63, 3.8) is 0 Å². The first kappa shape index (κ1) is 41.0. The average Bonchev–Trinajstić information content (AvgIpc) is 3.11. The second-order valence-corrected chi connectivity index (χ2v) is 13.5. The Bertz CT molecular complexity index is 1350. The number of hydrogen-bond donors (Lipinski definition) is 1. The summed E-state index contributed by atoms with van der Waals surface area (Å²) in [5, 5.41) is 9.24. The summed E-state index contributed by atoms with van der Waals surface area (Å²) in [7, 11) is 0. The van der Waals surface area contributed by atoms with Crippen LogP contribution in [0.15, 0.2) is 66.9 Å². The molecule has 2 unspecified atom stereocenters. The van der Waals surface area contributed by atoms with Gasteiger partial charge in [-0.15, -0.1) is 0 Å². The van der Waals surface area contributed by atoms with Gasteiger partial charge in [-0.05, 0) is 79.8 Å². The maximum Gasteiger partial charge on any atom is 0.414 e. The molecular weight excluding hydrogens is 639 g/mol. The van der Waals surface area contributed by atoms with Gasteiger partial charge in [-0.25, -0.2) is 0 Å². The molecule has 0 saturated carbocycles. The molecule has 1 heterocycles. The number of rotatable bonds is 26. The Labute approximate surface area is 298 Å². The maximum absolute atomic E-state index is 12.9. The molecule has 1 N–H and O–H groups in total. The van der Waals surface area contributed by atoms with Crippen LogP contribution >= 0.6 is 0 Å². The monoisotopic (exact) mass is 697 g/mol. The van der Waals surface area contributed by atoms with E-state index in [1.165, 1.54) is 64.2 Å². The van der Waals surface area contributed by atoms with Crippen molar-refractivity contribution in [3.8, 4) is 28.1 Å². The number of carboxylic acid groups (broad SMARTS) is 1. The second kappa shape index (κ2) is 23.2. The van der Waals surface area contributed by atoms with E-state index in [1.54, 1.807) is 6.20 Å². The molecule has 0 bridgehead atoms. The number of unbranched alkanes of at least 4 members (excludes halogenated alkanes) is 11. The number of halogens is 3. The molecule has 2 aromatic carbocycles. The van der Waals surface area contributed by atoms with E-state index in [0.717, 1.165) is 53.5 Å².